The molecule has 0 bridgehead atoms. The van der Waals surface area contributed by atoms with Crippen molar-refractivity contribution in [2.45, 2.75) is 20.1 Å². The number of aryl methyl sites for hydroxylation is 1. The van der Waals surface area contributed by atoms with Gasteiger partial charge in [0, 0.05) is 35.8 Å². The van der Waals surface area contributed by atoms with E-state index in [2.05, 4.69) is 31.2 Å². The highest BCUT2D eigenvalue weighted by Crippen LogP contribution is 2.23. The first-order chi connectivity index (χ1) is 12.2. The van der Waals surface area contributed by atoms with E-state index in [0.717, 1.165) is 10.0 Å². The van der Waals surface area contributed by atoms with Crippen LogP contribution in [0.2, 0.25) is 0 Å². The molecule has 0 unspecified atom stereocenters. The van der Waals surface area contributed by atoms with E-state index >= 15 is 0 Å². The monoisotopic (exact) mass is 400 g/mol. The van der Waals surface area contributed by atoms with Crippen molar-refractivity contribution >= 4 is 27.7 Å². The number of nitrogens with zero attached hydrogens (tertiary/aromatic N) is 3. The molecule has 0 aliphatic carbocycles. The number of anilines is 1. The Morgan fingerprint density at radius 1 is 1.28 bits per heavy atom. The summed E-state index contributed by atoms with van der Waals surface area (Å²) in [6, 6.07) is 9.07. The molecule has 128 valence electrons. The van der Waals surface area contributed by atoms with Crippen molar-refractivity contribution in [3.8, 4) is 5.75 Å². The molecule has 25 heavy (non-hydrogen) atoms. The highest BCUT2D eigenvalue weighted by atomic mass is 79.9. The topological polar surface area (TPSA) is 69.0 Å². The van der Waals surface area contributed by atoms with Crippen molar-refractivity contribution in [2.24, 2.45) is 0 Å². The van der Waals surface area contributed by atoms with Gasteiger partial charge in [-0.05, 0) is 58.7 Å². The Morgan fingerprint density at radius 2 is 2.08 bits per heavy atom. The number of rotatable bonds is 6. The minimum atomic E-state index is -0.236. The molecule has 1 N–H and O–H groups in total. The molecular weight excluding hydrogens is 384 g/mol. The summed E-state index contributed by atoms with van der Waals surface area (Å²) in [5.41, 5.74) is 1.54. The van der Waals surface area contributed by atoms with Crippen LogP contribution in [-0.4, -0.2) is 20.4 Å². The Morgan fingerprint density at radius 3 is 2.84 bits per heavy atom. The quantitative estimate of drug-likeness (QED) is 0.681. The number of amides is 1. The lowest BCUT2D eigenvalue weighted by Gasteiger charge is -2.12. The second-order valence-electron chi connectivity index (χ2n) is 5.28. The van der Waals surface area contributed by atoms with E-state index in [1.54, 1.807) is 36.8 Å². The van der Waals surface area contributed by atoms with Gasteiger partial charge in [-0.2, -0.15) is 0 Å². The molecule has 3 rings (SSSR count). The molecule has 0 saturated carbocycles. The predicted octanol–water partition coefficient (Wildman–Crippen LogP) is 3.89. The van der Waals surface area contributed by atoms with Crippen molar-refractivity contribution in [2.75, 3.05) is 5.32 Å². The lowest BCUT2D eigenvalue weighted by Crippen LogP contribution is -2.17. The van der Waals surface area contributed by atoms with Crippen LogP contribution in [0.15, 0.2) is 59.6 Å². The van der Waals surface area contributed by atoms with Gasteiger partial charge in [-0.25, -0.2) is 4.98 Å². The summed E-state index contributed by atoms with van der Waals surface area (Å²) in [6.07, 6.45) is 6.90. The Labute approximate surface area is 154 Å². The molecule has 0 saturated heterocycles. The van der Waals surface area contributed by atoms with Crippen LogP contribution in [0.4, 0.5) is 5.82 Å². The molecule has 0 fully saturated rings. The van der Waals surface area contributed by atoms with Crippen LogP contribution in [-0.2, 0) is 13.2 Å². The van der Waals surface area contributed by atoms with E-state index in [1.165, 1.54) is 0 Å². The van der Waals surface area contributed by atoms with Crippen molar-refractivity contribution in [1.29, 1.82) is 0 Å². The number of aromatic nitrogens is 3. The van der Waals surface area contributed by atoms with E-state index in [-0.39, 0.29) is 5.91 Å². The maximum absolute atomic E-state index is 12.6. The van der Waals surface area contributed by atoms with Crippen molar-refractivity contribution in [3.05, 3.63) is 70.8 Å². The fraction of sp³-hybridized carbons (Fsp3) is 0.167. The van der Waals surface area contributed by atoms with Crippen LogP contribution in [0.3, 0.4) is 0 Å². The molecule has 0 aliphatic heterocycles. The number of nitrogens with one attached hydrogen (secondary N) is 1. The molecule has 7 heteroatoms. The van der Waals surface area contributed by atoms with Gasteiger partial charge >= 0.3 is 0 Å². The van der Waals surface area contributed by atoms with Crippen LogP contribution in [0.1, 0.15) is 23.0 Å². The van der Waals surface area contributed by atoms with Crippen LogP contribution in [0, 0.1) is 0 Å². The highest BCUT2D eigenvalue weighted by Gasteiger charge is 2.15. The van der Waals surface area contributed by atoms with E-state index in [1.807, 2.05) is 29.8 Å². The summed E-state index contributed by atoms with van der Waals surface area (Å²) in [5.74, 6) is 0.669. The third-order valence-electron chi connectivity index (χ3n) is 3.58. The summed E-state index contributed by atoms with van der Waals surface area (Å²) in [6.45, 7) is 3.04. The zero-order valence-electron chi connectivity index (χ0n) is 13.6. The Hall–Kier alpha value is -2.67. The van der Waals surface area contributed by atoms with Gasteiger partial charge < -0.3 is 14.6 Å². The van der Waals surface area contributed by atoms with Gasteiger partial charge in [-0.15, -0.1) is 0 Å². The summed E-state index contributed by atoms with van der Waals surface area (Å²) in [5, 5.41) is 2.82. The molecule has 3 aromatic rings. The lowest BCUT2D eigenvalue weighted by atomic mass is 10.3. The fourth-order valence-corrected chi connectivity index (χ4v) is 2.80. The molecular formula is C18H17BrN4O2. The Bertz CT molecular complexity index is 865. The first-order valence-electron chi connectivity index (χ1n) is 7.81. The van der Waals surface area contributed by atoms with Crippen molar-refractivity contribution < 1.29 is 9.53 Å². The average molecular weight is 401 g/mol. The molecule has 0 aliphatic rings. The summed E-state index contributed by atoms with van der Waals surface area (Å²) < 4.78 is 8.52. The molecule has 0 atom stereocenters. The molecule has 0 radical (unpaired) electrons. The second kappa shape index (κ2) is 7.94. The number of hydrogen-bond acceptors (Lipinski definition) is 4. The third-order valence-corrected chi connectivity index (χ3v) is 4.02. The largest absolute Gasteiger partial charge is 0.485 e. The molecule has 0 aromatic carbocycles. The summed E-state index contributed by atoms with van der Waals surface area (Å²) in [4.78, 5) is 20.8. The van der Waals surface area contributed by atoms with Crippen LogP contribution >= 0.6 is 15.9 Å². The Balaban J connectivity index is 1.75. The minimum absolute atomic E-state index is 0.236. The van der Waals surface area contributed by atoms with E-state index < -0.39 is 0 Å². The smallest absolute Gasteiger partial charge is 0.273 e. The van der Waals surface area contributed by atoms with Gasteiger partial charge in [-0.1, -0.05) is 0 Å². The summed E-state index contributed by atoms with van der Waals surface area (Å²) in [7, 11) is 0. The number of pyridine rings is 2. The van der Waals surface area contributed by atoms with Crippen LogP contribution in [0.25, 0.3) is 0 Å². The predicted molar refractivity (Wildman–Crippen MR) is 98.6 cm³/mol. The van der Waals surface area contributed by atoms with E-state index in [9.17, 15) is 4.79 Å². The van der Waals surface area contributed by atoms with Crippen molar-refractivity contribution in [3.63, 3.8) is 0 Å². The SMILES string of the molecule is CCn1cc(Br)cc1C(=O)Nc1ncccc1OCc1ccncc1. The fourth-order valence-electron chi connectivity index (χ4n) is 2.34. The second-order valence-corrected chi connectivity index (χ2v) is 6.19. The van der Waals surface area contributed by atoms with Gasteiger partial charge in [-0.3, -0.25) is 9.78 Å². The molecule has 6 nitrogen and oxygen atoms in total. The maximum Gasteiger partial charge on any atom is 0.273 e. The van der Waals surface area contributed by atoms with Crippen LogP contribution < -0.4 is 10.1 Å². The maximum atomic E-state index is 12.6. The molecule has 3 heterocycles. The molecule has 3 aromatic heterocycles. The first-order valence-corrected chi connectivity index (χ1v) is 8.60. The van der Waals surface area contributed by atoms with Gasteiger partial charge in [0.2, 0.25) is 0 Å². The first kappa shape index (κ1) is 17.2. The lowest BCUT2D eigenvalue weighted by molar-refractivity contribution is 0.101. The minimum Gasteiger partial charge on any atom is -0.485 e. The number of hydrogen-bond donors (Lipinski definition) is 1. The average Bonchev–Trinajstić information content (AvgIpc) is 3.03. The Kier molecular flexibility index (Phi) is 5.45. The van der Waals surface area contributed by atoms with E-state index in [0.29, 0.717) is 30.4 Å². The van der Waals surface area contributed by atoms with Crippen LogP contribution in [0.5, 0.6) is 5.75 Å². The van der Waals surface area contributed by atoms with Gasteiger partial charge in [0.25, 0.3) is 5.91 Å². The molecule has 0 spiro atoms. The normalized spacial score (nSPS) is 10.5. The number of carbonyl (C=O) groups excluding carboxylic acids is 1. The number of carbonyl (C=O) groups is 1. The summed E-state index contributed by atoms with van der Waals surface area (Å²) >= 11 is 3.40. The standard InChI is InChI=1S/C18H17BrN4O2/c1-2-23-11-14(19)10-15(23)18(24)22-17-16(4-3-7-21-17)25-12-13-5-8-20-9-6-13/h3-11H,2,12H2,1H3,(H,21,22,24). The van der Waals surface area contributed by atoms with Gasteiger partial charge in [0.05, 0.1) is 0 Å². The zero-order valence-corrected chi connectivity index (χ0v) is 15.2. The number of halogens is 1. The van der Waals surface area contributed by atoms with Crippen molar-refractivity contribution in [1.82, 2.24) is 14.5 Å². The van der Waals surface area contributed by atoms with E-state index in [4.69, 9.17) is 4.74 Å². The highest BCUT2D eigenvalue weighted by molar-refractivity contribution is 9.10. The molecule has 1 amide bonds. The third kappa shape index (κ3) is 4.24. The van der Waals surface area contributed by atoms with Gasteiger partial charge in [0.1, 0.15) is 12.3 Å². The number of ether oxygens (including phenoxy) is 1. The van der Waals surface area contributed by atoms with Gasteiger partial charge in [0.15, 0.2) is 11.6 Å². The zero-order chi connectivity index (χ0) is 17.6.